The monoisotopic (exact) mass is 363 g/mol. The predicted molar refractivity (Wildman–Crippen MR) is 103 cm³/mol. The number of ether oxygens (including phenoxy) is 2. The number of carbonyl (C=O) groups is 1. The first-order valence-electron chi connectivity index (χ1n) is 9.42. The van der Waals surface area contributed by atoms with Crippen LogP contribution in [0.2, 0.25) is 0 Å². The largest absolute Gasteiger partial charge is 0.493 e. The number of nitrogens with zero attached hydrogens (tertiary/aromatic N) is 1. The van der Waals surface area contributed by atoms with Crippen LogP contribution in [0.3, 0.4) is 0 Å². The van der Waals surface area contributed by atoms with Crippen molar-refractivity contribution in [2.24, 2.45) is 5.92 Å². The highest BCUT2D eigenvalue weighted by Crippen LogP contribution is 2.30. The Morgan fingerprint density at radius 3 is 2.72 bits per heavy atom. The van der Waals surface area contributed by atoms with Crippen LogP contribution in [0.15, 0.2) is 24.3 Å². The number of carbonyl (C=O) groups excluding carboxylic acids is 1. The van der Waals surface area contributed by atoms with Crippen molar-refractivity contribution in [3.05, 3.63) is 24.3 Å². The number of rotatable bonds is 8. The number of benzene rings is 1. The van der Waals surface area contributed by atoms with Crippen LogP contribution in [-0.4, -0.2) is 48.6 Å². The Balaban J connectivity index is 1.46. The third-order valence-corrected chi connectivity index (χ3v) is 6.49. The van der Waals surface area contributed by atoms with E-state index >= 15 is 0 Å². The Morgan fingerprint density at radius 2 is 1.96 bits per heavy atom. The van der Waals surface area contributed by atoms with Crippen LogP contribution in [0.5, 0.6) is 11.5 Å². The zero-order chi connectivity index (χ0) is 17.5. The minimum Gasteiger partial charge on any atom is -0.493 e. The van der Waals surface area contributed by atoms with Crippen molar-refractivity contribution in [3.8, 4) is 11.5 Å². The van der Waals surface area contributed by atoms with Crippen molar-refractivity contribution in [1.82, 2.24) is 4.90 Å². The highest BCUT2D eigenvalue weighted by atomic mass is 32.2. The topological polar surface area (TPSA) is 38.8 Å². The lowest BCUT2D eigenvalue weighted by Crippen LogP contribution is -2.35. The molecule has 0 amide bonds. The zero-order valence-electron chi connectivity index (χ0n) is 15.1. The van der Waals surface area contributed by atoms with Crippen LogP contribution in [-0.2, 0) is 4.79 Å². The van der Waals surface area contributed by atoms with E-state index in [0.717, 1.165) is 43.2 Å². The van der Waals surface area contributed by atoms with E-state index in [9.17, 15) is 4.79 Å². The van der Waals surface area contributed by atoms with Crippen molar-refractivity contribution >= 4 is 17.5 Å². The predicted octanol–water partition coefficient (Wildman–Crippen LogP) is 3.99. The molecule has 2 fully saturated rings. The lowest BCUT2D eigenvalue weighted by Gasteiger charge is -2.25. The van der Waals surface area contributed by atoms with Crippen molar-refractivity contribution in [1.29, 1.82) is 0 Å². The fourth-order valence-electron chi connectivity index (χ4n) is 3.75. The summed E-state index contributed by atoms with van der Waals surface area (Å²) in [5.74, 6) is 3.46. The van der Waals surface area contributed by atoms with E-state index in [1.807, 2.05) is 36.0 Å². The van der Waals surface area contributed by atoms with Crippen LogP contribution < -0.4 is 9.47 Å². The minimum absolute atomic E-state index is 0.323. The fourth-order valence-corrected chi connectivity index (χ4v) is 4.94. The molecule has 1 aliphatic heterocycles. The molecule has 1 unspecified atom stereocenters. The van der Waals surface area contributed by atoms with Crippen LogP contribution in [0.1, 0.15) is 38.5 Å². The van der Waals surface area contributed by atoms with Gasteiger partial charge in [-0.05, 0) is 25.0 Å². The summed E-state index contributed by atoms with van der Waals surface area (Å²) in [7, 11) is 1.66. The highest BCUT2D eigenvalue weighted by molar-refractivity contribution is 8.00. The van der Waals surface area contributed by atoms with Gasteiger partial charge in [0.25, 0.3) is 0 Å². The highest BCUT2D eigenvalue weighted by Gasteiger charge is 2.28. The molecule has 138 valence electrons. The summed E-state index contributed by atoms with van der Waals surface area (Å²) in [6.07, 6.45) is 6.66. The summed E-state index contributed by atoms with van der Waals surface area (Å²) in [6.45, 7) is 2.54. The molecule has 1 atom stereocenters. The summed E-state index contributed by atoms with van der Waals surface area (Å²) in [6, 6.07) is 7.76. The van der Waals surface area contributed by atoms with Gasteiger partial charge in [-0.2, -0.15) is 0 Å². The fraction of sp³-hybridized carbons (Fsp3) is 0.650. The number of para-hydroxylation sites is 2. The van der Waals surface area contributed by atoms with E-state index in [1.165, 1.54) is 19.3 Å². The number of Topliss-reactive ketones (excluding diaryl/α,β-unsaturated/α-hetero) is 1. The van der Waals surface area contributed by atoms with Gasteiger partial charge in [0.15, 0.2) is 11.5 Å². The Bertz CT molecular complexity index is 560. The van der Waals surface area contributed by atoms with Gasteiger partial charge >= 0.3 is 0 Å². The van der Waals surface area contributed by atoms with Gasteiger partial charge in [0.2, 0.25) is 0 Å². The van der Waals surface area contributed by atoms with E-state index in [-0.39, 0.29) is 0 Å². The van der Waals surface area contributed by atoms with Gasteiger partial charge in [-0.15, -0.1) is 11.8 Å². The molecule has 2 aliphatic rings. The number of methoxy groups -OCH3 is 1. The second kappa shape index (κ2) is 9.48. The molecule has 0 spiro atoms. The van der Waals surface area contributed by atoms with Gasteiger partial charge in [-0.1, -0.05) is 31.4 Å². The second-order valence-electron chi connectivity index (χ2n) is 6.87. The van der Waals surface area contributed by atoms with Crippen LogP contribution >= 0.6 is 11.8 Å². The van der Waals surface area contributed by atoms with Crippen molar-refractivity contribution in [2.45, 2.75) is 43.9 Å². The Morgan fingerprint density at radius 1 is 1.20 bits per heavy atom. The molecule has 1 saturated heterocycles. The number of hydrogen-bond acceptors (Lipinski definition) is 5. The third kappa shape index (κ3) is 5.14. The lowest BCUT2D eigenvalue weighted by molar-refractivity contribution is -0.124. The molecular weight excluding hydrogens is 334 g/mol. The molecular formula is C20H29NO3S. The van der Waals surface area contributed by atoms with E-state index in [2.05, 4.69) is 4.90 Å². The molecule has 1 aromatic rings. The maximum atomic E-state index is 12.4. The summed E-state index contributed by atoms with van der Waals surface area (Å²) >= 11 is 1.92. The molecule has 4 nitrogen and oxygen atoms in total. The van der Waals surface area contributed by atoms with Crippen molar-refractivity contribution in [2.75, 3.05) is 32.6 Å². The molecule has 0 bridgehead atoms. The maximum absolute atomic E-state index is 12.4. The molecule has 0 radical (unpaired) electrons. The van der Waals surface area contributed by atoms with Crippen molar-refractivity contribution in [3.63, 3.8) is 0 Å². The Kier molecular flexibility index (Phi) is 7.05. The van der Waals surface area contributed by atoms with Crippen molar-refractivity contribution < 1.29 is 14.3 Å². The molecule has 5 heteroatoms. The Labute approximate surface area is 155 Å². The molecule has 1 aliphatic carbocycles. The van der Waals surface area contributed by atoms with Gasteiger partial charge in [0.05, 0.1) is 12.5 Å². The number of hydrogen-bond donors (Lipinski definition) is 0. The summed E-state index contributed by atoms with van der Waals surface area (Å²) in [5.41, 5.74) is 0. The third-order valence-electron chi connectivity index (χ3n) is 5.25. The minimum atomic E-state index is 0.323. The first-order chi connectivity index (χ1) is 12.3. The van der Waals surface area contributed by atoms with Gasteiger partial charge < -0.3 is 9.47 Å². The van der Waals surface area contributed by atoms with Crippen LogP contribution in [0, 0.1) is 5.92 Å². The molecule has 1 aromatic carbocycles. The average Bonchev–Trinajstić information content (AvgIpc) is 3.12. The SMILES string of the molecule is COc1ccccc1OCC1SCCN1CCC(=O)C1CCCCC1. The first kappa shape index (κ1) is 18.6. The summed E-state index contributed by atoms with van der Waals surface area (Å²) in [4.78, 5) is 14.8. The molecule has 1 saturated carbocycles. The van der Waals surface area contributed by atoms with E-state index < -0.39 is 0 Å². The normalized spacial score (nSPS) is 22.0. The smallest absolute Gasteiger partial charge is 0.161 e. The average molecular weight is 364 g/mol. The number of ketones is 1. The quantitative estimate of drug-likeness (QED) is 0.698. The molecule has 25 heavy (non-hydrogen) atoms. The maximum Gasteiger partial charge on any atom is 0.161 e. The van der Waals surface area contributed by atoms with E-state index in [0.29, 0.717) is 30.1 Å². The van der Waals surface area contributed by atoms with Gasteiger partial charge in [-0.3, -0.25) is 9.69 Å². The van der Waals surface area contributed by atoms with Gasteiger partial charge in [0.1, 0.15) is 12.4 Å². The van der Waals surface area contributed by atoms with Gasteiger partial charge in [0, 0.05) is 31.2 Å². The molecule has 3 rings (SSSR count). The zero-order valence-corrected chi connectivity index (χ0v) is 15.9. The van der Waals surface area contributed by atoms with Crippen LogP contribution in [0.4, 0.5) is 0 Å². The number of thioether (sulfide) groups is 1. The lowest BCUT2D eigenvalue weighted by atomic mass is 9.85. The summed E-state index contributed by atoms with van der Waals surface area (Å²) in [5, 5.41) is 0.323. The molecule has 1 heterocycles. The summed E-state index contributed by atoms with van der Waals surface area (Å²) < 4.78 is 11.3. The van der Waals surface area contributed by atoms with Gasteiger partial charge in [-0.25, -0.2) is 0 Å². The van der Waals surface area contributed by atoms with Crippen LogP contribution in [0.25, 0.3) is 0 Å². The second-order valence-corrected chi connectivity index (χ2v) is 8.16. The Hall–Kier alpha value is -1.20. The standard InChI is InChI=1S/C20H29NO3S/c1-23-18-9-5-6-10-19(18)24-15-20-21(13-14-25-20)12-11-17(22)16-7-3-2-4-8-16/h5-6,9-10,16,20H,2-4,7-8,11-15H2,1H3. The van der Waals surface area contributed by atoms with E-state index in [1.54, 1.807) is 7.11 Å². The molecule has 0 N–H and O–H groups in total. The molecule has 0 aromatic heterocycles. The van der Waals surface area contributed by atoms with E-state index in [4.69, 9.17) is 9.47 Å². The first-order valence-corrected chi connectivity index (χ1v) is 10.5.